The van der Waals surface area contributed by atoms with Crippen molar-refractivity contribution in [2.24, 2.45) is 0 Å². The summed E-state index contributed by atoms with van der Waals surface area (Å²) in [5.74, 6) is 0.972. The van der Waals surface area contributed by atoms with Crippen molar-refractivity contribution in [2.75, 3.05) is 20.2 Å². The van der Waals surface area contributed by atoms with E-state index in [2.05, 4.69) is 46.1 Å². The van der Waals surface area contributed by atoms with E-state index in [4.69, 9.17) is 4.74 Å². The molecule has 3 nitrogen and oxygen atoms in total. The Bertz CT molecular complexity index is 425. The van der Waals surface area contributed by atoms with Gasteiger partial charge in [-0.25, -0.2) is 0 Å². The lowest BCUT2D eigenvalue weighted by molar-refractivity contribution is 0.196. The van der Waals surface area contributed by atoms with Gasteiger partial charge in [0.05, 0.1) is 7.11 Å². The topological polar surface area (TPSA) is 24.5 Å². The summed E-state index contributed by atoms with van der Waals surface area (Å²) in [6.45, 7) is 7.69. The maximum absolute atomic E-state index is 5.47. The molecule has 19 heavy (non-hydrogen) atoms. The lowest BCUT2D eigenvalue weighted by atomic mass is 10.1. The molecule has 0 radical (unpaired) electrons. The Morgan fingerprint density at radius 3 is 2.95 bits per heavy atom. The van der Waals surface area contributed by atoms with Crippen molar-refractivity contribution in [3.8, 4) is 5.75 Å². The molecule has 0 aromatic heterocycles. The Morgan fingerprint density at radius 2 is 2.21 bits per heavy atom. The maximum atomic E-state index is 5.47. The van der Waals surface area contributed by atoms with E-state index < -0.39 is 0 Å². The fourth-order valence-corrected chi connectivity index (χ4v) is 3.04. The van der Waals surface area contributed by atoms with Crippen molar-refractivity contribution < 1.29 is 4.74 Å². The Labute approximate surface area is 124 Å². The van der Waals surface area contributed by atoms with Gasteiger partial charge in [-0.05, 0) is 45.0 Å². The first-order chi connectivity index (χ1) is 9.10. The van der Waals surface area contributed by atoms with Crippen molar-refractivity contribution >= 4 is 15.9 Å². The summed E-state index contributed by atoms with van der Waals surface area (Å²) in [7, 11) is 1.74. The van der Waals surface area contributed by atoms with Crippen LogP contribution in [-0.4, -0.2) is 37.2 Å². The van der Waals surface area contributed by atoms with Crippen LogP contribution in [0.3, 0.4) is 0 Å². The lowest BCUT2D eigenvalue weighted by Gasteiger charge is -2.28. The number of ether oxygens (including phenoxy) is 1. The van der Waals surface area contributed by atoms with Gasteiger partial charge >= 0.3 is 0 Å². The maximum Gasteiger partial charge on any atom is 0.123 e. The average molecular weight is 327 g/mol. The van der Waals surface area contributed by atoms with Gasteiger partial charge in [0.25, 0.3) is 0 Å². The first-order valence-electron chi connectivity index (χ1n) is 6.90. The van der Waals surface area contributed by atoms with E-state index in [0.29, 0.717) is 12.1 Å². The predicted octanol–water partition coefficient (Wildman–Crippen LogP) is 3.03. The highest BCUT2D eigenvalue weighted by Crippen LogP contribution is 2.25. The molecule has 1 fully saturated rings. The molecule has 1 aromatic rings. The highest BCUT2D eigenvalue weighted by molar-refractivity contribution is 9.10. The molecule has 1 saturated heterocycles. The first-order valence-corrected chi connectivity index (χ1v) is 7.69. The molecule has 0 spiro atoms. The zero-order valence-electron chi connectivity index (χ0n) is 11.9. The number of rotatable bonds is 3. The van der Waals surface area contributed by atoms with E-state index in [1.165, 1.54) is 12.0 Å². The van der Waals surface area contributed by atoms with Crippen LogP contribution in [-0.2, 0) is 6.54 Å². The Morgan fingerprint density at radius 1 is 1.42 bits per heavy atom. The third-order valence-electron chi connectivity index (χ3n) is 3.80. The van der Waals surface area contributed by atoms with Gasteiger partial charge in [0.2, 0.25) is 0 Å². The first kappa shape index (κ1) is 14.8. The lowest BCUT2D eigenvalue weighted by Crippen LogP contribution is -2.38. The smallest absolute Gasteiger partial charge is 0.123 e. The normalized spacial score (nSPS) is 25.1. The molecule has 2 unspecified atom stereocenters. The number of nitrogens with one attached hydrogen (secondary N) is 1. The standard InChI is InChI=1S/C15H23BrN2O/c1-11-9-18(12(2)6-7-17-11)10-13-8-14(16)4-5-15(13)19-3/h4-5,8,11-12,17H,6-7,9-10H2,1-3H3. The van der Waals surface area contributed by atoms with Crippen LogP contribution in [0.1, 0.15) is 25.8 Å². The van der Waals surface area contributed by atoms with E-state index in [1.54, 1.807) is 7.11 Å². The van der Waals surface area contributed by atoms with E-state index in [9.17, 15) is 0 Å². The molecular formula is C15H23BrN2O. The molecule has 0 bridgehead atoms. The van der Waals surface area contributed by atoms with Gasteiger partial charge in [-0.3, -0.25) is 4.90 Å². The summed E-state index contributed by atoms with van der Waals surface area (Å²) < 4.78 is 6.58. The van der Waals surface area contributed by atoms with E-state index >= 15 is 0 Å². The SMILES string of the molecule is COc1ccc(Br)cc1CN1CC(C)NCCC1C. The van der Waals surface area contributed by atoms with Crippen molar-refractivity contribution in [1.29, 1.82) is 0 Å². The largest absolute Gasteiger partial charge is 0.496 e. The molecule has 1 aliphatic heterocycles. The number of hydrogen-bond donors (Lipinski definition) is 1. The molecular weight excluding hydrogens is 304 g/mol. The quantitative estimate of drug-likeness (QED) is 0.924. The van der Waals surface area contributed by atoms with E-state index in [-0.39, 0.29) is 0 Å². The molecule has 4 heteroatoms. The zero-order valence-corrected chi connectivity index (χ0v) is 13.5. The minimum atomic E-state index is 0.545. The summed E-state index contributed by atoms with van der Waals surface area (Å²) in [5, 5.41) is 3.55. The van der Waals surface area contributed by atoms with Crippen LogP contribution < -0.4 is 10.1 Å². The second kappa shape index (κ2) is 6.73. The summed E-state index contributed by atoms with van der Waals surface area (Å²) >= 11 is 3.55. The molecule has 1 aromatic carbocycles. The Hall–Kier alpha value is -0.580. The van der Waals surface area contributed by atoms with Crippen molar-refractivity contribution in [2.45, 2.75) is 38.9 Å². The third-order valence-corrected chi connectivity index (χ3v) is 4.30. The summed E-state index contributed by atoms with van der Waals surface area (Å²) in [6.07, 6.45) is 1.20. The average Bonchev–Trinajstić information content (AvgIpc) is 2.52. The van der Waals surface area contributed by atoms with Gasteiger partial charge in [-0.1, -0.05) is 15.9 Å². The van der Waals surface area contributed by atoms with Gasteiger partial charge in [0.1, 0.15) is 5.75 Å². The predicted molar refractivity (Wildman–Crippen MR) is 82.6 cm³/mol. The number of benzene rings is 1. The number of nitrogens with zero attached hydrogens (tertiary/aromatic N) is 1. The summed E-state index contributed by atoms with van der Waals surface area (Å²) in [4.78, 5) is 2.54. The highest BCUT2D eigenvalue weighted by Gasteiger charge is 2.21. The highest BCUT2D eigenvalue weighted by atomic mass is 79.9. The summed E-state index contributed by atoms with van der Waals surface area (Å²) in [6, 6.07) is 7.36. The molecule has 106 valence electrons. The number of hydrogen-bond acceptors (Lipinski definition) is 3. The van der Waals surface area contributed by atoms with Crippen LogP contribution >= 0.6 is 15.9 Å². The minimum absolute atomic E-state index is 0.545. The molecule has 0 amide bonds. The zero-order chi connectivity index (χ0) is 13.8. The Kier molecular flexibility index (Phi) is 5.25. The van der Waals surface area contributed by atoms with Gasteiger partial charge in [-0.2, -0.15) is 0 Å². The van der Waals surface area contributed by atoms with Crippen molar-refractivity contribution in [3.05, 3.63) is 28.2 Å². The molecule has 1 aliphatic rings. The molecule has 2 atom stereocenters. The van der Waals surface area contributed by atoms with Crippen molar-refractivity contribution in [3.63, 3.8) is 0 Å². The van der Waals surface area contributed by atoms with Gasteiger partial charge in [0.15, 0.2) is 0 Å². The molecule has 1 heterocycles. The monoisotopic (exact) mass is 326 g/mol. The van der Waals surface area contributed by atoms with Crippen LogP contribution in [0, 0.1) is 0 Å². The van der Waals surface area contributed by atoms with Crippen LogP contribution in [0.4, 0.5) is 0 Å². The van der Waals surface area contributed by atoms with Crippen molar-refractivity contribution in [1.82, 2.24) is 10.2 Å². The number of methoxy groups -OCH3 is 1. The van der Waals surface area contributed by atoms with Gasteiger partial charge in [-0.15, -0.1) is 0 Å². The molecule has 1 N–H and O–H groups in total. The van der Waals surface area contributed by atoms with Crippen LogP contribution in [0.2, 0.25) is 0 Å². The molecule has 0 aliphatic carbocycles. The summed E-state index contributed by atoms with van der Waals surface area (Å²) in [5.41, 5.74) is 1.25. The second-order valence-electron chi connectivity index (χ2n) is 5.38. The van der Waals surface area contributed by atoms with Crippen LogP contribution in [0.15, 0.2) is 22.7 Å². The van der Waals surface area contributed by atoms with E-state index in [1.807, 2.05) is 12.1 Å². The molecule has 2 rings (SSSR count). The van der Waals surface area contributed by atoms with E-state index in [0.717, 1.165) is 29.9 Å². The third kappa shape index (κ3) is 3.94. The van der Waals surface area contributed by atoms with Gasteiger partial charge in [0, 0.05) is 35.2 Å². The Balaban J connectivity index is 2.16. The van der Waals surface area contributed by atoms with Gasteiger partial charge < -0.3 is 10.1 Å². The minimum Gasteiger partial charge on any atom is -0.496 e. The fraction of sp³-hybridized carbons (Fsp3) is 0.600. The van der Waals surface area contributed by atoms with Crippen LogP contribution in [0.25, 0.3) is 0 Å². The second-order valence-corrected chi connectivity index (χ2v) is 6.29. The number of halogens is 1. The van der Waals surface area contributed by atoms with Crippen LogP contribution in [0.5, 0.6) is 5.75 Å². The molecule has 0 saturated carbocycles. The fourth-order valence-electron chi connectivity index (χ4n) is 2.63.